The molecule has 0 aromatic carbocycles. The Labute approximate surface area is 125 Å². The van der Waals surface area contributed by atoms with Crippen LogP contribution in [0.2, 0.25) is 0 Å². The van der Waals surface area contributed by atoms with Gasteiger partial charge < -0.3 is 9.15 Å². The van der Waals surface area contributed by atoms with E-state index in [1.54, 1.807) is 12.3 Å². The lowest BCUT2D eigenvalue weighted by Gasteiger charge is -2.09. The van der Waals surface area contributed by atoms with Crippen LogP contribution in [0.5, 0.6) is 5.95 Å². The van der Waals surface area contributed by atoms with Gasteiger partial charge in [0.2, 0.25) is 11.1 Å². The fourth-order valence-corrected chi connectivity index (χ4v) is 2.30. The molecule has 0 atom stereocenters. The Balaban J connectivity index is 2.63. The predicted molar refractivity (Wildman–Crippen MR) is 82.8 cm³/mol. The highest BCUT2D eigenvalue weighted by atomic mass is 127. The van der Waals surface area contributed by atoms with Gasteiger partial charge >= 0.3 is 0 Å². The maximum atomic E-state index is 12.5. The van der Waals surface area contributed by atoms with Gasteiger partial charge in [0.25, 0.3) is 5.95 Å². The second-order valence-electron chi connectivity index (χ2n) is 4.30. The molecule has 19 heavy (non-hydrogen) atoms. The van der Waals surface area contributed by atoms with E-state index in [2.05, 4.69) is 27.6 Å². The first-order valence-electron chi connectivity index (χ1n) is 6.41. The molecule has 0 bridgehead atoms. The molecular weight excluding hydrogens is 357 g/mol. The number of hydrogen-bond acceptors (Lipinski definition) is 4. The maximum Gasteiger partial charge on any atom is 0.293 e. The number of fused-ring (bicyclic) bond motifs is 1. The summed E-state index contributed by atoms with van der Waals surface area (Å²) < 4.78 is 12.1. The summed E-state index contributed by atoms with van der Waals surface area (Å²) in [6, 6.07) is 1.80. The van der Waals surface area contributed by atoms with Crippen LogP contribution in [-0.4, -0.2) is 11.6 Å². The van der Waals surface area contributed by atoms with Crippen molar-refractivity contribution in [2.45, 2.75) is 33.1 Å². The number of ether oxygens (including phenoxy) is 1. The fourth-order valence-electron chi connectivity index (χ4n) is 1.85. The van der Waals surface area contributed by atoms with Crippen LogP contribution in [0.25, 0.3) is 11.1 Å². The summed E-state index contributed by atoms with van der Waals surface area (Å²) in [6.45, 7) is 4.58. The Hall–Kier alpha value is -1.11. The summed E-state index contributed by atoms with van der Waals surface area (Å²) in [5.41, 5.74) is 0.934. The van der Waals surface area contributed by atoms with E-state index in [1.807, 2.05) is 13.8 Å². The standard InChI is InChI=1S/C14H16INO3/c1-3-5-10-12(17)11-7-9(15)8-16-13(11)19-14(10)18-6-4-2/h7-8H,3-6H2,1-2H3. The molecule has 0 saturated carbocycles. The Morgan fingerprint density at radius 1 is 1.37 bits per heavy atom. The van der Waals surface area contributed by atoms with Gasteiger partial charge in [-0.1, -0.05) is 20.3 Å². The average Bonchev–Trinajstić information content (AvgIpc) is 2.41. The van der Waals surface area contributed by atoms with E-state index in [9.17, 15) is 4.79 Å². The average molecular weight is 373 g/mol. The van der Waals surface area contributed by atoms with Gasteiger partial charge in [-0.05, 0) is 41.5 Å². The zero-order valence-electron chi connectivity index (χ0n) is 11.0. The third-order valence-electron chi connectivity index (χ3n) is 2.71. The molecule has 0 N–H and O–H groups in total. The van der Waals surface area contributed by atoms with Crippen LogP contribution >= 0.6 is 22.6 Å². The van der Waals surface area contributed by atoms with Crippen LogP contribution in [0.3, 0.4) is 0 Å². The van der Waals surface area contributed by atoms with E-state index in [-0.39, 0.29) is 5.43 Å². The highest BCUT2D eigenvalue weighted by molar-refractivity contribution is 14.1. The van der Waals surface area contributed by atoms with Crippen molar-refractivity contribution in [1.29, 1.82) is 0 Å². The molecule has 0 aliphatic carbocycles. The van der Waals surface area contributed by atoms with Crippen LogP contribution in [0.1, 0.15) is 32.3 Å². The molecule has 0 amide bonds. The molecule has 0 spiro atoms. The topological polar surface area (TPSA) is 52.3 Å². The SMILES string of the molecule is CCCOc1oc2ncc(I)cc2c(=O)c1CCC. The predicted octanol–water partition coefficient (Wildman–Crippen LogP) is 3.53. The number of halogens is 1. The van der Waals surface area contributed by atoms with E-state index >= 15 is 0 Å². The largest absolute Gasteiger partial charge is 0.465 e. The van der Waals surface area contributed by atoms with Gasteiger partial charge in [-0.15, -0.1) is 0 Å². The minimum atomic E-state index is -0.0276. The molecule has 4 nitrogen and oxygen atoms in total. The molecule has 0 saturated heterocycles. The maximum absolute atomic E-state index is 12.5. The molecule has 5 heteroatoms. The first-order valence-corrected chi connectivity index (χ1v) is 7.49. The van der Waals surface area contributed by atoms with E-state index in [1.165, 1.54) is 0 Å². The summed E-state index contributed by atoms with van der Waals surface area (Å²) in [5.74, 6) is 0.329. The highest BCUT2D eigenvalue weighted by Crippen LogP contribution is 2.23. The summed E-state index contributed by atoms with van der Waals surface area (Å²) in [4.78, 5) is 16.6. The minimum absolute atomic E-state index is 0.0276. The monoisotopic (exact) mass is 373 g/mol. The van der Waals surface area contributed by atoms with Gasteiger partial charge in [-0.2, -0.15) is 0 Å². The van der Waals surface area contributed by atoms with Crippen LogP contribution in [0, 0.1) is 3.57 Å². The van der Waals surface area contributed by atoms with E-state index in [0.29, 0.717) is 35.6 Å². The van der Waals surface area contributed by atoms with Crippen molar-refractivity contribution in [2.75, 3.05) is 6.61 Å². The summed E-state index contributed by atoms with van der Waals surface area (Å²) in [7, 11) is 0. The third-order valence-corrected chi connectivity index (χ3v) is 3.30. The number of pyridine rings is 1. The van der Waals surface area contributed by atoms with Gasteiger partial charge in [-0.3, -0.25) is 4.79 Å². The Kier molecular flexibility index (Phi) is 4.79. The highest BCUT2D eigenvalue weighted by Gasteiger charge is 2.16. The molecule has 0 unspecified atom stereocenters. The molecule has 2 aromatic rings. The molecule has 2 rings (SSSR count). The van der Waals surface area contributed by atoms with Gasteiger partial charge in [0.1, 0.15) is 0 Å². The summed E-state index contributed by atoms with van der Waals surface area (Å²) in [5, 5.41) is 0.527. The van der Waals surface area contributed by atoms with Crippen molar-refractivity contribution >= 4 is 33.7 Å². The van der Waals surface area contributed by atoms with Crippen molar-refractivity contribution in [1.82, 2.24) is 4.98 Å². The van der Waals surface area contributed by atoms with Crippen LogP contribution < -0.4 is 10.2 Å². The van der Waals surface area contributed by atoms with E-state index < -0.39 is 0 Å². The molecule has 2 heterocycles. The molecule has 0 aliphatic rings. The minimum Gasteiger partial charge on any atom is -0.465 e. The zero-order chi connectivity index (χ0) is 13.8. The molecule has 102 valence electrons. The quantitative estimate of drug-likeness (QED) is 0.753. The van der Waals surface area contributed by atoms with Crippen molar-refractivity contribution < 1.29 is 9.15 Å². The Morgan fingerprint density at radius 3 is 2.84 bits per heavy atom. The first-order chi connectivity index (χ1) is 9.17. The second-order valence-corrected chi connectivity index (χ2v) is 5.55. The molecule has 0 fully saturated rings. The smallest absolute Gasteiger partial charge is 0.293 e. The Morgan fingerprint density at radius 2 is 2.16 bits per heavy atom. The molecule has 0 radical (unpaired) electrons. The van der Waals surface area contributed by atoms with E-state index in [4.69, 9.17) is 9.15 Å². The Bertz CT molecular complexity index is 636. The normalized spacial score (nSPS) is 10.9. The molecule has 0 aliphatic heterocycles. The fraction of sp³-hybridized carbons (Fsp3) is 0.429. The summed E-state index contributed by atoms with van der Waals surface area (Å²) >= 11 is 2.13. The van der Waals surface area contributed by atoms with Crippen LogP contribution in [0.15, 0.2) is 21.5 Å². The number of aromatic nitrogens is 1. The van der Waals surface area contributed by atoms with Crippen molar-refractivity contribution in [3.05, 3.63) is 31.6 Å². The number of nitrogens with zero attached hydrogens (tertiary/aromatic N) is 1. The van der Waals surface area contributed by atoms with Gasteiger partial charge in [0.05, 0.1) is 17.6 Å². The first kappa shape index (κ1) is 14.3. The molecule has 2 aromatic heterocycles. The van der Waals surface area contributed by atoms with Crippen LogP contribution in [-0.2, 0) is 6.42 Å². The van der Waals surface area contributed by atoms with Crippen LogP contribution in [0.4, 0.5) is 0 Å². The van der Waals surface area contributed by atoms with Crippen molar-refractivity contribution in [3.63, 3.8) is 0 Å². The summed E-state index contributed by atoms with van der Waals surface area (Å²) in [6.07, 6.45) is 4.07. The van der Waals surface area contributed by atoms with Gasteiger partial charge in [0, 0.05) is 9.77 Å². The third kappa shape index (κ3) is 3.08. The van der Waals surface area contributed by atoms with Crippen molar-refractivity contribution in [2.24, 2.45) is 0 Å². The lowest BCUT2D eigenvalue weighted by Crippen LogP contribution is -2.13. The second kappa shape index (κ2) is 6.36. The van der Waals surface area contributed by atoms with Gasteiger partial charge in [0.15, 0.2) is 0 Å². The lowest BCUT2D eigenvalue weighted by molar-refractivity contribution is 0.240. The molecular formula is C14H16INO3. The lowest BCUT2D eigenvalue weighted by atomic mass is 10.1. The number of hydrogen-bond donors (Lipinski definition) is 0. The number of rotatable bonds is 5. The van der Waals surface area contributed by atoms with E-state index in [0.717, 1.165) is 16.4 Å². The zero-order valence-corrected chi connectivity index (χ0v) is 13.2. The van der Waals surface area contributed by atoms with Crippen molar-refractivity contribution in [3.8, 4) is 5.95 Å². The van der Waals surface area contributed by atoms with Gasteiger partial charge in [-0.25, -0.2) is 4.98 Å².